The summed E-state index contributed by atoms with van der Waals surface area (Å²) in [6.45, 7) is 0.927. The maximum Gasteiger partial charge on any atom is 0.292 e. The number of nitriles is 1. The first-order valence-corrected chi connectivity index (χ1v) is 9.23. The van der Waals surface area contributed by atoms with E-state index in [1.807, 2.05) is 6.07 Å². The van der Waals surface area contributed by atoms with Crippen LogP contribution in [0.25, 0.3) is 0 Å². The lowest BCUT2D eigenvalue weighted by Crippen LogP contribution is -2.27. The molecule has 0 aromatic carbocycles. The van der Waals surface area contributed by atoms with Gasteiger partial charge in [-0.25, -0.2) is 8.42 Å². The second kappa shape index (κ2) is 6.16. The summed E-state index contributed by atoms with van der Waals surface area (Å²) in [5.41, 5.74) is 0.347. The summed E-state index contributed by atoms with van der Waals surface area (Å²) in [5, 5.41) is 13.3. The lowest BCUT2D eigenvalue weighted by molar-refractivity contribution is 0.0991. The Balaban J connectivity index is 1.79. The molecule has 1 aliphatic heterocycles. The smallest absolute Gasteiger partial charge is 0.292 e. The molecule has 0 atom stereocenters. The van der Waals surface area contributed by atoms with Crippen LogP contribution in [0.1, 0.15) is 29.0 Å². The molecule has 0 spiro atoms. The lowest BCUT2D eigenvalue weighted by Gasteiger charge is -2.12. The van der Waals surface area contributed by atoms with Gasteiger partial charge < -0.3 is 9.73 Å². The van der Waals surface area contributed by atoms with Gasteiger partial charge in [-0.15, -0.1) is 11.3 Å². The SMILES string of the molecule is N#Cc1ccsc1NC(=O)c1ccc(S(=O)(=O)N2CCCC2)o1. The summed E-state index contributed by atoms with van der Waals surface area (Å²) in [5.74, 6) is -0.702. The molecule has 0 aliphatic carbocycles. The van der Waals surface area contributed by atoms with Gasteiger partial charge in [0, 0.05) is 13.1 Å². The van der Waals surface area contributed by atoms with Crippen molar-refractivity contribution in [2.75, 3.05) is 18.4 Å². The van der Waals surface area contributed by atoms with Crippen molar-refractivity contribution in [1.82, 2.24) is 4.31 Å². The number of furan rings is 1. The highest BCUT2D eigenvalue weighted by molar-refractivity contribution is 7.89. The molecule has 2 aromatic rings. The number of anilines is 1. The van der Waals surface area contributed by atoms with Crippen molar-refractivity contribution in [3.63, 3.8) is 0 Å². The highest BCUT2D eigenvalue weighted by atomic mass is 32.2. The molecule has 9 heteroatoms. The van der Waals surface area contributed by atoms with E-state index in [9.17, 15) is 13.2 Å². The number of nitrogens with one attached hydrogen (secondary N) is 1. The van der Waals surface area contributed by atoms with E-state index >= 15 is 0 Å². The van der Waals surface area contributed by atoms with E-state index in [0.29, 0.717) is 23.7 Å². The molecule has 0 unspecified atom stereocenters. The van der Waals surface area contributed by atoms with Gasteiger partial charge in [-0.05, 0) is 36.4 Å². The Bertz CT molecular complexity index is 870. The maximum atomic E-state index is 12.3. The van der Waals surface area contributed by atoms with Crippen molar-refractivity contribution in [2.24, 2.45) is 0 Å². The average molecular weight is 351 g/mol. The molecule has 120 valence electrons. The summed E-state index contributed by atoms with van der Waals surface area (Å²) in [4.78, 5) is 12.1. The van der Waals surface area contributed by atoms with Gasteiger partial charge in [0.25, 0.3) is 15.9 Å². The van der Waals surface area contributed by atoms with E-state index in [1.165, 1.54) is 27.8 Å². The second-order valence-electron chi connectivity index (χ2n) is 4.96. The van der Waals surface area contributed by atoms with E-state index in [0.717, 1.165) is 12.8 Å². The van der Waals surface area contributed by atoms with E-state index in [4.69, 9.17) is 9.68 Å². The zero-order valence-corrected chi connectivity index (χ0v) is 13.6. The minimum atomic E-state index is -3.69. The largest absolute Gasteiger partial charge is 0.438 e. The molecule has 1 N–H and O–H groups in total. The molecule has 1 aliphatic rings. The normalized spacial score (nSPS) is 15.4. The number of amides is 1. The molecule has 3 rings (SSSR count). The Hall–Kier alpha value is -2.15. The molecular weight excluding hydrogens is 338 g/mol. The lowest BCUT2D eigenvalue weighted by atomic mass is 10.3. The first-order chi connectivity index (χ1) is 11.0. The summed E-state index contributed by atoms with van der Waals surface area (Å²) < 4.78 is 31.3. The van der Waals surface area contributed by atoms with Crippen molar-refractivity contribution in [2.45, 2.75) is 17.9 Å². The number of carbonyl (C=O) groups is 1. The molecule has 3 heterocycles. The van der Waals surface area contributed by atoms with Gasteiger partial charge in [-0.1, -0.05) is 0 Å². The highest BCUT2D eigenvalue weighted by Crippen LogP contribution is 2.25. The molecule has 7 nitrogen and oxygen atoms in total. The van der Waals surface area contributed by atoms with Crippen LogP contribution >= 0.6 is 11.3 Å². The van der Waals surface area contributed by atoms with E-state index in [2.05, 4.69) is 5.32 Å². The van der Waals surface area contributed by atoms with Crippen LogP contribution in [0.3, 0.4) is 0 Å². The Kier molecular flexibility index (Phi) is 4.21. The molecular formula is C14H13N3O4S2. The third-order valence-electron chi connectivity index (χ3n) is 3.48. The first kappa shape index (κ1) is 15.7. The second-order valence-corrected chi connectivity index (χ2v) is 7.74. The number of rotatable bonds is 4. The van der Waals surface area contributed by atoms with Crippen molar-refractivity contribution < 1.29 is 17.6 Å². The zero-order valence-electron chi connectivity index (χ0n) is 12.0. The van der Waals surface area contributed by atoms with E-state index < -0.39 is 15.9 Å². The quantitative estimate of drug-likeness (QED) is 0.910. The number of carbonyl (C=O) groups excluding carboxylic acids is 1. The van der Waals surface area contributed by atoms with Crippen LogP contribution in [0.4, 0.5) is 5.00 Å². The van der Waals surface area contributed by atoms with Gasteiger partial charge in [-0.2, -0.15) is 9.57 Å². The van der Waals surface area contributed by atoms with Crippen molar-refractivity contribution in [3.8, 4) is 6.07 Å². The van der Waals surface area contributed by atoms with Crippen LogP contribution in [-0.4, -0.2) is 31.7 Å². The van der Waals surface area contributed by atoms with Crippen molar-refractivity contribution >= 4 is 32.3 Å². The average Bonchev–Trinajstić information content (AvgIpc) is 3.27. The first-order valence-electron chi connectivity index (χ1n) is 6.91. The van der Waals surface area contributed by atoms with Crippen LogP contribution in [-0.2, 0) is 10.0 Å². The standard InChI is InChI=1S/C14H13N3O4S2/c15-9-10-5-8-22-14(10)16-13(18)11-3-4-12(21-11)23(19,20)17-6-1-2-7-17/h3-5,8H,1-2,6-7H2,(H,16,18). The summed E-state index contributed by atoms with van der Waals surface area (Å²) in [6.07, 6.45) is 1.64. The van der Waals surface area contributed by atoms with Crippen molar-refractivity contribution in [1.29, 1.82) is 5.26 Å². The predicted molar refractivity (Wildman–Crippen MR) is 83.7 cm³/mol. The van der Waals surface area contributed by atoms with Gasteiger partial charge in [0.2, 0.25) is 5.09 Å². The number of hydrogen-bond donors (Lipinski definition) is 1. The molecule has 1 amide bonds. The van der Waals surface area contributed by atoms with Gasteiger partial charge in [-0.3, -0.25) is 4.79 Å². The van der Waals surface area contributed by atoms with Gasteiger partial charge in [0.15, 0.2) is 5.76 Å². The third-order valence-corrected chi connectivity index (χ3v) is 6.08. The van der Waals surface area contributed by atoms with Crippen LogP contribution in [0, 0.1) is 11.3 Å². The third kappa shape index (κ3) is 3.01. The van der Waals surface area contributed by atoms with E-state index in [-0.39, 0.29) is 10.9 Å². The Morgan fingerprint density at radius 3 is 2.74 bits per heavy atom. The Morgan fingerprint density at radius 2 is 2.04 bits per heavy atom. The Labute approximate surface area is 137 Å². The monoisotopic (exact) mass is 351 g/mol. The molecule has 2 aromatic heterocycles. The fourth-order valence-corrected chi connectivity index (χ4v) is 4.46. The molecule has 23 heavy (non-hydrogen) atoms. The van der Waals surface area contributed by atoms with Gasteiger partial charge in [0.1, 0.15) is 11.1 Å². The van der Waals surface area contributed by atoms with Gasteiger partial charge in [0.05, 0.1) is 5.56 Å². The number of sulfonamides is 1. The molecule has 1 saturated heterocycles. The summed E-state index contributed by atoms with van der Waals surface area (Å²) >= 11 is 1.21. The maximum absolute atomic E-state index is 12.3. The topological polar surface area (TPSA) is 103 Å². The molecule has 0 bridgehead atoms. The number of hydrogen-bond acceptors (Lipinski definition) is 6. The molecule has 0 saturated carbocycles. The molecule has 0 radical (unpaired) electrons. The minimum Gasteiger partial charge on any atom is -0.438 e. The number of nitrogens with zero attached hydrogens (tertiary/aromatic N) is 2. The van der Waals surface area contributed by atoms with Crippen LogP contribution < -0.4 is 5.32 Å². The highest BCUT2D eigenvalue weighted by Gasteiger charge is 2.30. The summed E-state index contributed by atoms with van der Waals surface area (Å²) in [7, 11) is -3.69. The van der Waals surface area contributed by atoms with Crippen molar-refractivity contribution in [3.05, 3.63) is 34.9 Å². The predicted octanol–water partition coefficient (Wildman–Crippen LogP) is 2.25. The summed E-state index contributed by atoms with van der Waals surface area (Å²) in [6, 6.07) is 6.15. The minimum absolute atomic E-state index is 0.111. The zero-order chi connectivity index (χ0) is 16.4. The molecule has 1 fully saturated rings. The van der Waals surface area contributed by atoms with Crippen LogP contribution in [0.2, 0.25) is 0 Å². The Morgan fingerprint density at radius 1 is 1.30 bits per heavy atom. The van der Waals surface area contributed by atoms with Crippen LogP contribution in [0.5, 0.6) is 0 Å². The fourth-order valence-electron chi connectivity index (χ4n) is 2.30. The van der Waals surface area contributed by atoms with Crippen LogP contribution in [0.15, 0.2) is 33.1 Å². The fraction of sp³-hybridized carbons (Fsp3) is 0.286. The number of thiophene rings is 1. The van der Waals surface area contributed by atoms with E-state index in [1.54, 1.807) is 11.4 Å². The van der Waals surface area contributed by atoms with Gasteiger partial charge >= 0.3 is 0 Å².